The standard InChI is InChI=1S/C32H51N7O14P4/c1-5-50-54(42,43)23-36(24-55(44,45)51-6-2)21-28-15-17-38(34-28)30-19-27(13-11-9-10-12-14-32(40)41)20-31(33-30)39-18-16-29(35-39)22-37(25-56(46,47)52-7-3)26-57(48,49)53-8-4/h15-20H,5-10,12,14,21-26H2,1-4H3,(H,40,41)(H,42,43)(H,44,45)(H,46,47)(H,48,49). The Bertz CT molecular complexity index is 1860. The van der Waals surface area contributed by atoms with Crippen molar-refractivity contribution in [2.24, 2.45) is 0 Å². The lowest BCUT2D eigenvalue weighted by molar-refractivity contribution is -0.137. The van der Waals surface area contributed by atoms with E-state index in [-0.39, 0.29) is 57.6 Å². The van der Waals surface area contributed by atoms with Gasteiger partial charge in [0.05, 0.1) is 37.8 Å². The summed E-state index contributed by atoms with van der Waals surface area (Å²) in [6.07, 6.45) is 2.28. The zero-order valence-corrected chi connectivity index (χ0v) is 35.8. The normalized spacial score (nSPS) is 16.0. The summed E-state index contributed by atoms with van der Waals surface area (Å²) in [5.74, 6) is 5.72. The Kier molecular flexibility index (Phi) is 19.1. The van der Waals surface area contributed by atoms with Crippen LogP contribution in [0.3, 0.4) is 0 Å². The van der Waals surface area contributed by atoms with Crippen LogP contribution in [0.25, 0.3) is 11.6 Å². The Morgan fingerprint density at radius 1 is 0.684 bits per heavy atom. The molecule has 5 N–H and O–H groups in total. The number of nitrogens with zero attached hydrogens (tertiary/aromatic N) is 7. The monoisotopic (exact) mass is 881 g/mol. The quantitative estimate of drug-likeness (QED) is 0.0412. The summed E-state index contributed by atoms with van der Waals surface area (Å²) in [4.78, 5) is 59.3. The lowest BCUT2D eigenvalue weighted by Crippen LogP contribution is -2.27. The fourth-order valence-electron chi connectivity index (χ4n) is 5.34. The number of pyridine rings is 1. The van der Waals surface area contributed by atoms with Crippen LogP contribution < -0.4 is 0 Å². The lowest BCUT2D eigenvalue weighted by Gasteiger charge is -2.25. The summed E-state index contributed by atoms with van der Waals surface area (Å²) >= 11 is 0. The van der Waals surface area contributed by atoms with Gasteiger partial charge in [0.15, 0.2) is 11.6 Å². The summed E-state index contributed by atoms with van der Waals surface area (Å²) in [6.45, 7) is 5.68. The molecule has 0 spiro atoms. The molecule has 0 fully saturated rings. The van der Waals surface area contributed by atoms with Gasteiger partial charge in [0.1, 0.15) is 25.1 Å². The SMILES string of the molecule is CCOP(=O)(O)CN(Cc1ccn(-c2cc(C#CCCCCC(=O)O)cc(-n3ccc(CN(CP(=O)(O)OCC)CP(=O)(O)OCC)n3)n2)n1)CP(=O)(O)OCC. The van der Waals surface area contributed by atoms with Crippen molar-refractivity contribution in [3.05, 3.63) is 53.6 Å². The molecular weight excluding hydrogens is 830 g/mol. The van der Waals surface area contributed by atoms with Gasteiger partial charge in [-0.15, -0.1) is 0 Å². The van der Waals surface area contributed by atoms with E-state index in [0.29, 0.717) is 36.2 Å². The highest BCUT2D eigenvalue weighted by atomic mass is 31.2. The summed E-state index contributed by atoms with van der Waals surface area (Å²) in [7, 11) is -16.7. The van der Waals surface area contributed by atoms with Crippen molar-refractivity contribution in [2.75, 3.05) is 51.6 Å². The topological polar surface area (TPSA) is 278 Å². The van der Waals surface area contributed by atoms with Gasteiger partial charge in [0.25, 0.3) is 0 Å². The molecule has 4 unspecified atom stereocenters. The van der Waals surface area contributed by atoms with E-state index in [1.54, 1.807) is 64.4 Å². The van der Waals surface area contributed by atoms with Gasteiger partial charge in [0.2, 0.25) is 0 Å². The fourth-order valence-corrected chi connectivity index (χ4v) is 10.4. The Morgan fingerprint density at radius 3 is 1.42 bits per heavy atom. The molecule has 0 aliphatic rings. The van der Waals surface area contributed by atoms with Crippen molar-refractivity contribution in [1.82, 2.24) is 34.3 Å². The maximum atomic E-state index is 12.6. The molecular formula is C32H51N7O14P4. The molecule has 4 atom stereocenters. The highest BCUT2D eigenvalue weighted by Crippen LogP contribution is 2.49. The van der Waals surface area contributed by atoms with Crippen molar-refractivity contribution < 1.29 is 65.8 Å². The first kappa shape index (κ1) is 48.5. The summed E-state index contributed by atoms with van der Waals surface area (Å²) in [5, 5.41) is 18.0. The average molecular weight is 882 g/mol. The summed E-state index contributed by atoms with van der Waals surface area (Å²) in [5.41, 5.74) is 1.16. The van der Waals surface area contributed by atoms with E-state index in [1.165, 1.54) is 19.2 Å². The number of hydrogen-bond donors (Lipinski definition) is 5. The van der Waals surface area contributed by atoms with E-state index in [2.05, 4.69) is 22.0 Å². The third-order valence-electron chi connectivity index (χ3n) is 7.34. The van der Waals surface area contributed by atoms with Crippen molar-refractivity contribution in [2.45, 2.75) is 66.5 Å². The number of rotatable bonds is 26. The Labute approximate surface area is 331 Å². The lowest BCUT2D eigenvalue weighted by atomic mass is 10.2. The van der Waals surface area contributed by atoms with Gasteiger partial charge in [-0.25, -0.2) is 14.3 Å². The van der Waals surface area contributed by atoms with Crippen LogP contribution in [0, 0.1) is 11.8 Å². The first-order chi connectivity index (χ1) is 26.8. The molecule has 0 aliphatic carbocycles. The molecule has 21 nitrogen and oxygen atoms in total. The third kappa shape index (κ3) is 17.9. The van der Waals surface area contributed by atoms with E-state index >= 15 is 0 Å². The molecule has 57 heavy (non-hydrogen) atoms. The Hall–Kier alpha value is -2.88. The van der Waals surface area contributed by atoms with Crippen molar-refractivity contribution in [1.29, 1.82) is 0 Å². The molecule has 0 aliphatic heterocycles. The highest BCUT2D eigenvalue weighted by molar-refractivity contribution is 7.54. The number of aromatic nitrogens is 5. The number of carboxylic acid groups (broad SMARTS) is 1. The highest BCUT2D eigenvalue weighted by Gasteiger charge is 2.32. The predicted octanol–water partition coefficient (Wildman–Crippen LogP) is 4.77. The smallest absolute Gasteiger partial charge is 0.342 e. The van der Waals surface area contributed by atoms with Crippen LogP contribution in [-0.4, -0.2) is 117 Å². The minimum Gasteiger partial charge on any atom is -0.481 e. The average Bonchev–Trinajstić information content (AvgIpc) is 3.75. The van der Waals surface area contributed by atoms with Crippen LogP contribution in [0.2, 0.25) is 0 Å². The van der Waals surface area contributed by atoms with Gasteiger partial charge in [-0.3, -0.25) is 32.9 Å². The van der Waals surface area contributed by atoms with Gasteiger partial charge in [-0.1, -0.05) is 11.8 Å². The van der Waals surface area contributed by atoms with Crippen molar-refractivity contribution in [3.8, 4) is 23.5 Å². The van der Waals surface area contributed by atoms with Crippen LogP contribution in [0.1, 0.15) is 70.3 Å². The predicted molar refractivity (Wildman–Crippen MR) is 208 cm³/mol. The maximum absolute atomic E-state index is 12.6. The molecule has 3 rings (SSSR count). The maximum Gasteiger partial charge on any atom is 0.342 e. The second kappa shape index (κ2) is 22.5. The molecule has 0 saturated carbocycles. The minimum atomic E-state index is -4.18. The van der Waals surface area contributed by atoms with Crippen LogP contribution >= 0.6 is 30.4 Å². The molecule has 0 aromatic carbocycles. The molecule has 318 valence electrons. The first-order valence-corrected chi connectivity index (χ1v) is 25.0. The molecule has 0 saturated heterocycles. The van der Waals surface area contributed by atoms with Gasteiger partial charge < -0.3 is 42.8 Å². The van der Waals surface area contributed by atoms with E-state index < -0.39 is 61.5 Å². The zero-order valence-electron chi connectivity index (χ0n) is 32.2. The van der Waals surface area contributed by atoms with Gasteiger partial charge in [-0.05, 0) is 64.8 Å². The van der Waals surface area contributed by atoms with Gasteiger partial charge in [-0.2, -0.15) is 10.2 Å². The molecule has 0 bridgehead atoms. The Morgan fingerprint density at radius 2 is 1.07 bits per heavy atom. The number of unbranched alkanes of at least 4 members (excludes halogenated alkanes) is 2. The second-order valence-corrected chi connectivity index (χ2v) is 19.7. The molecule has 25 heteroatoms. The molecule has 0 radical (unpaired) electrons. The van der Waals surface area contributed by atoms with Gasteiger partial charge >= 0.3 is 36.4 Å². The van der Waals surface area contributed by atoms with E-state index in [4.69, 9.17) is 28.2 Å². The second-order valence-electron chi connectivity index (χ2n) is 12.4. The number of aliphatic carboxylic acids is 1. The fraction of sp³-hybridized carbons (Fsp3) is 0.562. The van der Waals surface area contributed by atoms with Crippen LogP contribution in [0.4, 0.5) is 0 Å². The van der Waals surface area contributed by atoms with Gasteiger partial charge in [0, 0.05) is 43.9 Å². The third-order valence-corrected chi connectivity index (χ3v) is 13.0. The number of hydrogen-bond acceptors (Lipinski definition) is 14. The minimum absolute atomic E-state index is 0.0231. The molecule has 3 heterocycles. The van der Waals surface area contributed by atoms with Crippen molar-refractivity contribution in [3.63, 3.8) is 0 Å². The Balaban J connectivity index is 1.99. The molecule has 3 aromatic heterocycles. The molecule has 3 aromatic rings. The van der Waals surface area contributed by atoms with Crippen LogP contribution in [-0.2, 0) is 54.2 Å². The first-order valence-electron chi connectivity index (χ1n) is 17.9. The number of carboxylic acids is 1. The van der Waals surface area contributed by atoms with Crippen LogP contribution in [0.15, 0.2) is 36.7 Å². The van der Waals surface area contributed by atoms with E-state index in [0.717, 1.165) is 0 Å². The number of carbonyl (C=O) groups is 1. The summed E-state index contributed by atoms with van der Waals surface area (Å²) in [6, 6.07) is 6.46. The van der Waals surface area contributed by atoms with Crippen molar-refractivity contribution >= 4 is 36.4 Å². The van der Waals surface area contributed by atoms with E-state index in [1.807, 2.05) is 0 Å². The van der Waals surface area contributed by atoms with Crippen LogP contribution in [0.5, 0.6) is 0 Å². The van der Waals surface area contributed by atoms with E-state index in [9.17, 15) is 42.6 Å². The molecule has 0 amide bonds. The largest absolute Gasteiger partial charge is 0.481 e. The zero-order chi connectivity index (χ0) is 42.3. The summed E-state index contributed by atoms with van der Waals surface area (Å²) < 4.78 is 73.3.